The highest BCUT2D eigenvalue weighted by Crippen LogP contribution is 2.42. The molecule has 2 saturated heterocycles. The molecule has 2 heterocycles. The van der Waals surface area contributed by atoms with E-state index in [9.17, 15) is 30.0 Å². The summed E-state index contributed by atoms with van der Waals surface area (Å²) in [6, 6.07) is 6.22. The first kappa shape index (κ1) is 26.4. The lowest BCUT2D eigenvalue weighted by Crippen LogP contribution is -2.36. The van der Waals surface area contributed by atoms with Gasteiger partial charge < -0.3 is 31.1 Å². The number of hydrogen-bond donors (Lipinski definition) is 6. The molecule has 2 aliphatic heterocycles. The minimum Gasteiger partial charge on any atom is -0.507 e. The number of carbonyl (C=O) groups excluding carboxylic acids is 2. The van der Waals surface area contributed by atoms with Crippen molar-refractivity contribution in [2.75, 3.05) is 63.1 Å². The van der Waals surface area contributed by atoms with E-state index in [1.165, 1.54) is 12.1 Å². The molecule has 1 aliphatic carbocycles. The number of aliphatic hydroxyl groups excluding tert-OH is 2. The number of fused-ring (bicyclic) bond motifs is 2. The number of rotatable bonds is 10. The van der Waals surface area contributed by atoms with Crippen molar-refractivity contribution in [1.82, 2.24) is 9.80 Å². The van der Waals surface area contributed by atoms with Gasteiger partial charge in [-0.25, -0.2) is 0 Å². The smallest absolute Gasteiger partial charge is 0.200 e. The molecule has 3 aliphatic rings. The quantitative estimate of drug-likeness (QED) is 0.216. The van der Waals surface area contributed by atoms with Crippen LogP contribution in [0.3, 0.4) is 0 Å². The van der Waals surface area contributed by atoms with Crippen LogP contribution >= 0.6 is 0 Å². The number of likely N-dealkylation sites (tertiary alicyclic amines) is 2. The second kappa shape index (κ2) is 11.3. The van der Waals surface area contributed by atoms with Gasteiger partial charge in [-0.15, -0.1) is 0 Å². The Labute approximate surface area is 221 Å². The summed E-state index contributed by atoms with van der Waals surface area (Å²) in [5, 5.41) is 46.7. The van der Waals surface area contributed by atoms with Gasteiger partial charge in [0.05, 0.1) is 35.5 Å². The first-order valence-corrected chi connectivity index (χ1v) is 13.4. The summed E-state index contributed by atoms with van der Waals surface area (Å²) >= 11 is 0. The van der Waals surface area contributed by atoms with E-state index in [-0.39, 0.29) is 59.1 Å². The van der Waals surface area contributed by atoms with Gasteiger partial charge in [-0.1, -0.05) is 0 Å². The molecule has 0 amide bonds. The van der Waals surface area contributed by atoms with Gasteiger partial charge in [0, 0.05) is 49.6 Å². The van der Waals surface area contributed by atoms with Crippen molar-refractivity contribution in [2.24, 2.45) is 0 Å². The minimum atomic E-state index is -0.525. The molecule has 2 fully saturated rings. The molecule has 2 atom stereocenters. The third kappa shape index (κ3) is 4.84. The van der Waals surface area contributed by atoms with Crippen molar-refractivity contribution in [3.05, 3.63) is 46.5 Å². The summed E-state index contributed by atoms with van der Waals surface area (Å²) in [6.07, 6.45) is 3.97. The fourth-order valence-electron chi connectivity index (χ4n) is 6.12. The van der Waals surface area contributed by atoms with Gasteiger partial charge >= 0.3 is 0 Å². The maximum Gasteiger partial charge on any atom is 0.200 e. The molecule has 2 aromatic rings. The molecule has 0 aromatic heterocycles. The SMILES string of the molecule is O=C1c2c(O)ccc(O)c2C(=O)c2c(NCCN3CCCC3CO)ccc(NCCN3CCCC3CO)c21. The summed E-state index contributed by atoms with van der Waals surface area (Å²) in [6.45, 7) is 4.39. The standard InChI is InChI=1S/C28H36N4O6/c33-15-17-3-1-11-31(17)13-9-29-19-5-6-20(30-10-14-32-12-2-4-18(32)16-34)24-23(19)27(37)25-21(35)7-8-22(36)26(25)28(24)38/h5-8,17-18,29-30,33-36H,1-4,9-16H2. The van der Waals surface area contributed by atoms with Crippen LogP contribution in [0.5, 0.6) is 11.5 Å². The summed E-state index contributed by atoms with van der Waals surface area (Å²) in [5.41, 5.74) is 0.926. The Balaban J connectivity index is 1.42. The molecule has 2 unspecified atom stereocenters. The van der Waals surface area contributed by atoms with Crippen LogP contribution in [0, 0.1) is 0 Å². The Bertz CT molecular complexity index is 1130. The number of aliphatic hydroxyl groups is 2. The molecular formula is C28H36N4O6. The molecule has 6 N–H and O–H groups in total. The number of anilines is 2. The molecule has 5 rings (SSSR count). The normalized spacial score (nSPS) is 21.5. The Morgan fingerprint density at radius 3 is 1.50 bits per heavy atom. The molecule has 0 bridgehead atoms. The highest BCUT2D eigenvalue weighted by molar-refractivity contribution is 6.33. The van der Waals surface area contributed by atoms with Gasteiger partial charge in [0.25, 0.3) is 0 Å². The van der Waals surface area contributed by atoms with Crippen LogP contribution < -0.4 is 10.6 Å². The van der Waals surface area contributed by atoms with E-state index in [2.05, 4.69) is 20.4 Å². The Kier molecular flexibility index (Phi) is 7.85. The van der Waals surface area contributed by atoms with Gasteiger partial charge in [-0.05, 0) is 63.0 Å². The lowest BCUT2D eigenvalue weighted by Gasteiger charge is -2.27. The fourth-order valence-corrected chi connectivity index (χ4v) is 6.12. The lowest BCUT2D eigenvalue weighted by atomic mass is 9.81. The van der Waals surface area contributed by atoms with Crippen molar-refractivity contribution in [2.45, 2.75) is 37.8 Å². The fraction of sp³-hybridized carbons (Fsp3) is 0.500. The van der Waals surface area contributed by atoms with Crippen LogP contribution in [-0.4, -0.2) is 106 Å². The zero-order valence-electron chi connectivity index (χ0n) is 21.4. The second-order valence-corrected chi connectivity index (χ2v) is 10.3. The number of nitrogens with one attached hydrogen (secondary N) is 2. The summed E-state index contributed by atoms with van der Waals surface area (Å²) < 4.78 is 0. The third-order valence-electron chi connectivity index (χ3n) is 8.12. The summed E-state index contributed by atoms with van der Waals surface area (Å²) in [7, 11) is 0. The van der Waals surface area contributed by atoms with Crippen LogP contribution in [0.1, 0.15) is 57.5 Å². The number of nitrogens with zero attached hydrogens (tertiary/aromatic N) is 2. The number of hydrogen-bond acceptors (Lipinski definition) is 10. The third-order valence-corrected chi connectivity index (χ3v) is 8.12. The van der Waals surface area contributed by atoms with Gasteiger partial charge in [-0.3, -0.25) is 19.4 Å². The molecule has 2 aromatic carbocycles. The van der Waals surface area contributed by atoms with E-state index in [1.807, 2.05) is 0 Å². The van der Waals surface area contributed by atoms with E-state index in [0.29, 0.717) is 37.6 Å². The van der Waals surface area contributed by atoms with Gasteiger partial charge in [0.2, 0.25) is 11.6 Å². The minimum absolute atomic E-state index is 0.110. The van der Waals surface area contributed by atoms with Gasteiger partial charge in [-0.2, -0.15) is 0 Å². The molecule has 38 heavy (non-hydrogen) atoms. The van der Waals surface area contributed by atoms with Crippen LogP contribution in [0.25, 0.3) is 0 Å². The van der Waals surface area contributed by atoms with Gasteiger partial charge in [0.1, 0.15) is 11.5 Å². The van der Waals surface area contributed by atoms with E-state index in [4.69, 9.17) is 0 Å². The molecule has 10 nitrogen and oxygen atoms in total. The highest BCUT2D eigenvalue weighted by atomic mass is 16.3. The van der Waals surface area contributed by atoms with Crippen LogP contribution in [0.4, 0.5) is 11.4 Å². The largest absolute Gasteiger partial charge is 0.507 e. The van der Waals surface area contributed by atoms with E-state index < -0.39 is 11.6 Å². The summed E-state index contributed by atoms with van der Waals surface area (Å²) in [5.74, 6) is -1.75. The van der Waals surface area contributed by atoms with Crippen LogP contribution in [0.2, 0.25) is 0 Å². The summed E-state index contributed by atoms with van der Waals surface area (Å²) in [4.78, 5) is 31.8. The maximum absolute atomic E-state index is 13.7. The molecule has 0 spiro atoms. The predicted octanol–water partition coefficient (Wildman–Crippen LogP) is 1.61. The van der Waals surface area contributed by atoms with Crippen molar-refractivity contribution < 1.29 is 30.0 Å². The number of phenolic OH excluding ortho intramolecular Hbond substituents is 2. The second-order valence-electron chi connectivity index (χ2n) is 10.3. The first-order valence-electron chi connectivity index (χ1n) is 13.4. The molecular weight excluding hydrogens is 488 g/mol. The monoisotopic (exact) mass is 524 g/mol. The van der Waals surface area contributed by atoms with Crippen molar-refractivity contribution >= 4 is 22.9 Å². The van der Waals surface area contributed by atoms with E-state index in [1.54, 1.807) is 12.1 Å². The Morgan fingerprint density at radius 1 is 0.684 bits per heavy atom. The maximum atomic E-state index is 13.7. The number of benzene rings is 2. The Hall–Kier alpha value is -3.18. The average Bonchev–Trinajstić information content (AvgIpc) is 3.57. The zero-order chi connectivity index (χ0) is 26.8. The lowest BCUT2D eigenvalue weighted by molar-refractivity contribution is 0.0975. The van der Waals surface area contributed by atoms with Crippen molar-refractivity contribution in [3.8, 4) is 11.5 Å². The number of carbonyl (C=O) groups is 2. The highest BCUT2D eigenvalue weighted by Gasteiger charge is 2.38. The molecule has 0 radical (unpaired) electrons. The molecule has 204 valence electrons. The van der Waals surface area contributed by atoms with Crippen molar-refractivity contribution in [3.63, 3.8) is 0 Å². The predicted molar refractivity (Wildman–Crippen MR) is 143 cm³/mol. The first-order chi connectivity index (χ1) is 18.4. The van der Waals surface area contributed by atoms with Crippen LogP contribution in [-0.2, 0) is 0 Å². The zero-order valence-corrected chi connectivity index (χ0v) is 21.4. The van der Waals surface area contributed by atoms with Gasteiger partial charge in [0.15, 0.2) is 0 Å². The number of aromatic hydroxyl groups is 2. The number of phenols is 2. The van der Waals surface area contributed by atoms with E-state index in [0.717, 1.165) is 38.8 Å². The average molecular weight is 525 g/mol. The molecule has 0 saturated carbocycles. The Morgan fingerprint density at radius 2 is 1.11 bits per heavy atom. The van der Waals surface area contributed by atoms with E-state index >= 15 is 0 Å². The van der Waals surface area contributed by atoms with Crippen LogP contribution in [0.15, 0.2) is 24.3 Å². The van der Waals surface area contributed by atoms with Crippen molar-refractivity contribution in [1.29, 1.82) is 0 Å². The molecule has 10 heteroatoms. The number of ketones is 2. The topological polar surface area (TPSA) is 146 Å².